The van der Waals surface area contributed by atoms with Crippen LogP contribution in [0.25, 0.3) is 6.08 Å². The lowest BCUT2D eigenvalue weighted by Gasteiger charge is -2.28. The molecule has 2 aromatic carbocycles. The zero-order valence-corrected chi connectivity index (χ0v) is 15.1. The van der Waals surface area contributed by atoms with Crippen LogP contribution >= 0.6 is 0 Å². The summed E-state index contributed by atoms with van der Waals surface area (Å²) in [6, 6.07) is 12.2. The van der Waals surface area contributed by atoms with Crippen LogP contribution in [0.3, 0.4) is 0 Å². The first-order chi connectivity index (χ1) is 13.2. The largest absolute Gasteiger partial charge is 0.454 e. The van der Waals surface area contributed by atoms with Gasteiger partial charge in [0.2, 0.25) is 12.7 Å². The number of hydrogen-bond donors (Lipinski definition) is 0. The molecule has 5 heteroatoms. The Kier molecular flexibility index (Phi) is 5.10. The van der Waals surface area contributed by atoms with E-state index in [-0.39, 0.29) is 24.6 Å². The molecule has 0 unspecified atom stereocenters. The lowest BCUT2D eigenvalue weighted by atomic mass is 10.1. The Bertz CT molecular complexity index is 841. The summed E-state index contributed by atoms with van der Waals surface area (Å²) in [7, 11) is 0. The van der Waals surface area contributed by atoms with Crippen LogP contribution in [-0.2, 0) is 11.3 Å². The van der Waals surface area contributed by atoms with Crippen molar-refractivity contribution in [3.05, 3.63) is 65.5 Å². The highest BCUT2D eigenvalue weighted by molar-refractivity contribution is 5.92. The molecule has 1 aliphatic carbocycles. The molecule has 1 fully saturated rings. The molecule has 0 spiro atoms. The van der Waals surface area contributed by atoms with Crippen LogP contribution in [0.4, 0.5) is 4.39 Å². The fourth-order valence-electron chi connectivity index (χ4n) is 3.68. The second kappa shape index (κ2) is 7.82. The molecule has 1 heterocycles. The second-order valence-electron chi connectivity index (χ2n) is 6.98. The van der Waals surface area contributed by atoms with Gasteiger partial charge in [-0.3, -0.25) is 4.79 Å². The molecule has 4 nitrogen and oxygen atoms in total. The van der Waals surface area contributed by atoms with E-state index in [9.17, 15) is 9.18 Å². The van der Waals surface area contributed by atoms with E-state index in [1.165, 1.54) is 12.1 Å². The van der Waals surface area contributed by atoms with E-state index < -0.39 is 0 Å². The topological polar surface area (TPSA) is 38.8 Å². The van der Waals surface area contributed by atoms with E-state index >= 15 is 0 Å². The number of benzene rings is 2. The SMILES string of the molecule is O=C(/C=C/c1ccc(F)cc1)N(Cc1ccc2c(c1)OCO2)C1CCCC1. The van der Waals surface area contributed by atoms with Crippen molar-refractivity contribution in [3.8, 4) is 11.5 Å². The van der Waals surface area contributed by atoms with Crippen molar-refractivity contribution < 1.29 is 18.7 Å². The third-order valence-electron chi connectivity index (χ3n) is 5.13. The Labute approximate surface area is 158 Å². The Morgan fingerprint density at radius 3 is 2.59 bits per heavy atom. The highest BCUT2D eigenvalue weighted by Crippen LogP contribution is 2.33. The van der Waals surface area contributed by atoms with Crippen molar-refractivity contribution >= 4 is 12.0 Å². The molecule has 1 saturated carbocycles. The van der Waals surface area contributed by atoms with E-state index in [1.54, 1.807) is 24.3 Å². The minimum Gasteiger partial charge on any atom is -0.454 e. The van der Waals surface area contributed by atoms with Crippen molar-refractivity contribution in [2.24, 2.45) is 0 Å². The summed E-state index contributed by atoms with van der Waals surface area (Å²) >= 11 is 0. The van der Waals surface area contributed by atoms with Crippen molar-refractivity contribution in [1.29, 1.82) is 0 Å². The van der Waals surface area contributed by atoms with Gasteiger partial charge in [-0.25, -0.2) is 4.39 Å². The molecule has 1 amide bonds. The zero-order valence-electron chi connectivity index (χ0n) is 15.1. The molecule has 0 bridgehead atoms. The highest BCUT2D eigenvalue weighted by atomic mass is 19.1. The summed E-state index contributed by atoms with van der Waals surface area (Å²) in [6.45, 7) is 0.776. The van der Waals surface area contributed by atoms with Crippen LogP contribution in [0.2, 0.25) is 0 Å². The number of carbonyl (C=O) groups excluding carboxylic acids is 1. The Balaban J connectivity index is 1.51. The fourth-order valence-corrected chi connectivity index (χ4v) is 3.68. The van der Waals surface area contributed by atoms with Crippen LogP contribution in [0.15, 0.2) is 48.5 Å². The summed E-state index contributed by atoms with van der Waals surface area (Å²) in [6.07, 6.45) is 7.68. The first-order valence-electron chi connectivity index (χ1n) is 9.32. The molecule has 0 N–H and O–H groups in total. The maximum Gasteiger partial charge on any atom is 0.247 e. The van der Waals surface area contributed by atoms with Crippen molar-refractivity contribution in [2.75, 3.05) is 6.79 Å². The molecule has 4 rings (SSSR count). The van der Waals surface area contributed by atoms with Gasteiger partial charge in [-0.15, -0.1) is 0 Å². The number of rotatable bonds is 5. The molecular formula is C22H22FNO3. The molecule has 27 heavy (non-hydrogen) atoms. The number of carbonyl (C=O) groups is 1. The zero-order chi connectivity index (χ0) is 18.6. The normalized spacial score (nSPS) is 16.2. The summed E-state index contributed by atoms with van der Waals surface area (Å²) < 4.78 is 23.8. The fraction of sp³-hybridized carbons (Fsp3) is 0.318. The van der Waals surface area contributed by atoms with Gasteiger partial charge < -0.3 is 14.4 Å². The summed E-state index contributed by atoms with van der Waals surface area (Å²) in [5, 5.41) is 0. The maximum atomic E-state index is 13.0. The van der Waals surface area contributed by atoms with Crippen molar-refractivity contribution in [2.45, 2.75) is 38.3 Å². The van der Waals surface area contributed by atoms with Crippen LogP contribution < -0.4 is 9.47 Å². The van der Waals surface area contributed by atoms with E-state index in [0.29, 0.717) is 6.54 Å². The van der Waals surface area contributed by atoms with Gasteiger partial charge in [0.1, 0.15) is 5.82 Å². The van der Waals surface area contributed by atoms with E-state index in [0.717, 1.165) is 48.3 Å². The first-order valence-corrected chi connectivity index (χ1v) is 9.32. The van der Waals surface area contributed by atoms with Crippen LogP contribution in [-0.4, -0.2) is 23.6 Å². The Morgan fingerprint density at radius 2 is 1.81 bits per heavy atom. The molecule has 0 radical (unpaired) electrons. The lowest BCUT2D eigenvalue weighted by molar-refractivity contribution is -0.128. The lowest BCUT2D eigenvalue weighted by Crippen LogP contribution is -2.37. The van der Waals surface area contributed by atoms with Gasteiger partial charge in [-0.05, 0) is 54.3 Å². The van der Waals surface area contributed by atoms with E-state index in [4.69, 9.17) is 9.47 Å². The number of hydrogen-bond acceptors (Lipinski definition) is 3. The van der Waals surface area contributed by atoms with Crippen LogP contribution in [0, 0.1) is 5.82 Å². The minimum absolute atomic E-state index is 0.0242. The number of amides is 1. The average Bonchev–Trinajstić information content (AvgIpc) is 3.36. The highest BCUT2D eigenvalue weighted by Gasteiger charge is 2.26. The minimum atomic E-state index is -0.283. The standard InChI is InChI=1S/C22H22FNO3/c23-18-9-5-16(6-10-18)8-12-22(25)24(19-3-1-2-4-19)14-17-7-11-20-21(13-17)27-15-26-20/h5-13,19H,1-4,14-15H2/b12-8+. The molecule has 0 atom stereocenters. The van der Waals surface area contributed by atoms with Gasteiger partial charge in [0.15, 0.2) is 11.5 Å². The first kappa shape index (κ1) is 17.6. The predicted octanol–water partition coefficient (Wildman–Crippen LogP) is 4.54. The predicted molar refractivity (Wildman–Crippen MR) is 101 cm³/mol. The van der Waals surface area contributed by atoms with E-state index in [1.807, 2.05) is 23.1 Å². The monoisotopic (exact) mass is 367 g/mol. The third kappa shape index (κ3) is 4.13. The molecule has 0 saturated heterocycles. The van der Waals surface area contributed by atoms with Crippen molar-refractivity contribution in [3.63, 3.8) is 0 Å². The molecule has 1 aliphatic heterocycles. The summed E-state index contributed by atoms with van der Waals surface area (Å²) in [5.74, 6) is 1.17. The van der Waals surface area contributed by atoms with Gasteiger partial charge in [0.05, 0.1) is 0 Å². The number of fused-ring (bicyclic) bond motifs is 1. The van der Waals surface area contributed by atoms with Gasteiger partial charge >= 0.3 is 0 Å². The number of halogens is 1. The van der Waals surface area contributed by atoms with Crippen LogP contribution in [0.5, 0.6) is 11.5 Å². The molecule has 140 valence electrons. The molecule has 2 aromatic rings. The van der Waals surface area contributed by atoms with Crippen LogP contribution in [0.1, 0.15) is 36.8 Å². The quantitative estimate of drug-likeness (QED) is 0.729. The van der Waals surface area contributed by atoms with Crippen molar-refractivity contribution in [1.82, 2.24) is 4.90 Å². The van der Waals surface area contributed by atoms with Gasteiger partial charge in [-0.1, -0.05) is 31.0 Å². The third-order valence-corrected chi connectivity index (χ3v) is 5.13. The Hall–Kier alpha value is -2.82. The maximum absolute atomic E-state index is 13.0. The average molecular weight is 367 g/mol. The van der Waals surface area contributed by atoms with Gasteiger partial charge in [0, 0.05) is 18.7 Å². The summed E-state index contributed by atoms with van der Waals surface area (Å²) in [5.41, 5.74) is 1.83. The summed E-state index contributed by atoms with van der Waals surface area (Å²) in [4.78, 5) is 14.9. The van der Waals surface area contributed by atoms with Gasteiger partial charge in [-0.2, -0.15) is 0 Å². The Morgan fingerprint density at radius 1 is 1.07 bits per heavy atom. The number of ether oxygens (including phenoxy) is 2. The molecule has 0 aromatic heterocycles. The van der Waals surface area contributed by atoms with E-state index in [2.05, 4.69) is 0 Å². The smallest absolute Gasteiger partial charge is 0.247 e. The van der Waals surface area contributed by atoms with Gasteiger partial charge in [0.25, 0.3) is 0 Å². The molecule has 2 aliphatic rings. The molecular weight excluding hydrogens is 345 g/mol. The number of nitrogens with zero attached hydrogens (tertiary/aromatic N) is 1. The second-order valence-corrected chi connectivity index (χ2v) is 6.98.